The fraction of sp³-hybridized carbons (Fsp3) is 1.00. The van der Waals surface area contributed by atoms with Crippen molar-refractivity contribution in [3.05, 3.63) is 0 Å². The van der Waals surface area contributed by atoms with E-state index in [-0.39, 0.29) is 58.5 Å². The summed E-state index contributed by atoms with van der Waals surface area (Å²) in [4.78, 5) is 0. The van der Waals surface area contributed by atoms with Crippen molar-refractivity contribution in [3.8, 4) is 0 Å². The third-order valence-corrected chi connectivity index (χ3v) is 16.9. The molecule has 0 aromatic carbocycles. The minimum atomic E-state index is -1.60. The van der Waals surface area contributed by atoms with E-state index in [1.807, 2.05) is 0 Å². The van der Waals surface area contributed by atoms with Crippen LogP contribution in [0.25, 0.3) is 0 Å². The van der Waals surface area contributed by atoms with Gasteiger partial charge >= 0.3 is 0 Å². The van der Waals surface area contributed by atoms with Crippen molar-refractivity contribution in [1.29, 1.82) is 0 Å². The Labute approximate surface area is 314 Å². The Bertz CT molecular complexity index is 1340. The molecule has 5 aliphatic carbocycles. The molecule has 13 nitrogen and oxygen atoms in total. The zero-order valence-electron chi connectivity index (χ0n) is 32.7. The molecule has 7 rings (SSSR count). The highest BCUT2D eigenvalue weighted by Gasteiger charge is 2.84. The summed E-state index contributed by atoms with van der Waals surface area (Å²) in [5.74, 6) is 0.384. The molecule has 2 spiro atoms. The van der Waals surface area contributed by atoms with Crippen molar-refractivity contribution in [2.24, 2.45) is 50.7 Å². The largest absolute Gasteiger partial charge is 0.393 e. The number of hydrogen-bond acceptors (Lipinski definition) is 13. The Balaban J connectivity index is 1.09. The van der Waals surface area contributed by atoms with Crippen LogP contribution >= 0.6 is 0 Å². The van der Waals surface area contributed by atoms with Crippen LogP contribution in [0, 0.1) is 50.7 Å². The van der Waals surface area contributed by atoms with E-state index in [9.17, 15) is 46.0 Å². The van der Waals surface area contributed by atoms with E-state index in [4.69, 9.17) is 18.9 Å². The number of ether oxygens (including phenoxy) is 4. The first-order chi connectivity index (χ1) is 24.6. The first-order valence-electron chi connectivity index (χ1n) is 20.3. The maximum absolute atomic E-state index is 12.3. The predicted molar refractivity (Wildman–Crippen MR) is 190 cm³/mol. The summed E-state index contributed by atoms with van der Waals surface area (Å²) >= 11 is 0. The highest BCUT2D eigenvalue weighted by molar-refractivity contribution is 5.32. The van der Waals surface area contributed by atoms with E-state index in [0.29, 0.717) is 32.1 Å². The van der Waals surface area contributed by atoms with Crippen LogP contribution in [0.4, 0.5) is 0 Å². The monoisotopic (exact) mass is 756 g/mol. The molecular formula is C40H68O13. The van der Waals surface area contributed by atoms with Gasteiger partial charge in [0.1, 0.15) is 36.6 Å². The Morgan fingerprint density at radius 2 is 1.38 bits per heavy atom. The fourth-order valence-corrected chi connectivity index (χ4v) is 13.9. The van der Waals surface area contributed by atoms with Crippen molar-refractivity contribution in [2.45, 2.75) is 185 Å². The highest BCUT2D eigenvalue weighted by atomic mass is 16.7. The number of fused-ring (bicyclic) bond motifs is 2. The van der Waals surface area contributed by atoms with E-state index in [1.54, 1.807) is 13.8 Å². The molecule has 9 N–H and O–H groups in total. The molecule has 0 aromatic heterocycles. The van der Waals surface area contributed by atoms with Crippen molar-refractivity contribution in [2.75, 3.05) is 13.2 Å². The summed E-state index contributed by atoms with van der Waals surface area (Å²) in [5, 5.41) is 97.2. The SMILES string of the molecule is C[C@H](CC[C@@H](O)C(C)(C)O)[C@@H]1[C@H](O)C[C@@]2(C)[C@@H]3C[C@H](O)[C@@H]4C(C)(C)[C@@H](O[C@@H]5OC[C@@H](O)[C@H](O)[C@@H]5O[C@@H]5OC[C@H](O)[C@@H](O)[C@H]5O)CC[C@@]45C[C@@]35CC[C@]12C. The lowest BCUT2D eigenvalue weighted by Crippen LogP contribution is -2.63. The molecule has 53 heavy (non-hydrogen) atoms. The van der Waals surface area contributed by atoms with Crippen LogP contribution in [0.3, 0.4) is 0 Å². The Kier molecular flexibility index (Phi) is 10.4. The van der Waals surface area contributed by atoms with Crippen molar-refractivity contribution in [3.63, 3.8) is 0 Å². The molecule has 2 aliphatic heterocycles. The highest BCUT2D eigenvalue weighted by Crippen LogP contribution is 2.89. The fourth-order valence-electron chi connectivity index (χ4n) is 13.9. The maximum atomic E-state index is 12.3. The molecule has 2 saturated heterocycles. The van der Waals surface area contributed by atoms with Gasteiger partial charge in [-0.15, -0.1) is 0 Å². The molecule has 0 bridgehead atoms. The van der Waals surface area contributed by atoms with Gasteiger partial charge in [0.05, 0.1) is 43.2 Å². The zero-order valence-corrected chi connectivity index (χ0v) is 32.7. The first-order valence-corrected chi connectivity index (χ1v) is 20.3. The van der Waals surface area contributed by atoms with Gasteiger partial charge in [0.15, 0.2) is 12.6 Å². The molecule has 0 radical (unpaired) electrons. The van der Waals surface area contributed by atoms with Crippen molar-refractivity contribution >= 4 is 0 Å². The van der Waals surface area contributed by atoms with Crippen LogP contribution in [0.2, 0.25) is 0 Å². The van der Waals surface area contributed by atoms with E-state index in [0.717, 1.165) is 25.7 Å². The molecule has 2 heterocycles. The lowest BCUT2D eigenvalue weighted by molar-refractivity contribution is -0.356. The van der Waals surface area contributed by atoms with Crippen LogP contribution in [0.1, 0.15) is 106 Å². The van der Waals surface area contributed by atoms with E-state index in [2.05, 4.69) is 34.6 Å². The van der Waals surface area contributed by atoms with Gasteiger partial charge in [0.25, 0.3) is 0 Å². The standard InChI is InChI=1S/C40H68O13/c1-19(8-9-25(45)36(4,5)49)27-21(42)15-38(7)24-14-20(41)32-35(2,3)26(10-11-40(32)18-39(24,40)13-12-37(27,38)6)52-34-31(29(47)23(44)17-51-34)53-33-30(48)28(46)22(43)16-50-33/h19-34,41-49H,8-18H2,1-7H3/t19-,20+,21-,22+,23-,24+,25-,26+,27-,28-,29+,30-,31+,32-,33+,34+,37-,38+,39+,40-/m1/s1. The molecule has 0 amide bonds. The number of hydrogen-bond donors (Lipinski definition) is 9. The predicted octanol–water partition coefficient (Wildman–Crippen LogP) is 1.20. The minimum absolute atomic E-state index is 0.0511. The molecule has 20 atom stereocenters. The summed E-state index contributed by atoms with van der Waals surface area (Å²) in [6.07, 6.45) is -6.14. The van der Waals surface area contributed by atoms with Crippen LogP contribution < -0.4 is 0 Å². The number of rotatable bonds is 9. The Hall–Kier alpha value is -0.520. The summed E-state index contributed by atoms with van der Waals surface area (Å²) in [5.41, 5.74) is -2.05. The number of aliphatic hydroxyl groups is 9. The molecule has 0 aromatic rings. The van der Waals surface area contributed by atoms with E-state index in [1.165, 1.54) is 0 Å². The van der Waals surface area contributed by atoms with Gasteiger partial charge < -0.3 is 64.9 Å². The second-order valence-electron chi connectivity index (χ2n) is 20.3. The van der Waals surface area contributed by atoms with E-state index < -0.39 is 84.6 Å². The molecule has 306 valence electrons. The first kappa shape index (κ1) is 40.7. The molecule has 7 aliphatic rings. The van der Waals surface area contributed by atoms with Crippen LogP contribution in [0.5, 0.6) is 0 Å². The van der Waals surface area contributed by atoms with Gasteiger partial charge in [-0.1, -0.05) is 34.6 Å². The lowest BCUT2D eigenvalue weighted by Gasteiger charge is -2.64. The van der Waals surface area contributed by atoms with Crippen molar-refractivity contribution < 1.29 is 64.9 Å². The molecule has 5 saturated carbocycles. The maximum Gasteiger partial charge on any atom is 0.186 e. The topological polar surface area (TPSA) is 219 Å². The van der Waals surface area contributed by atoms with Gasteiger partial charge in [-0.25, -0.2) is 0 Å². The summed E-state index contributed by atoms with van der Waals surface area (Å²) in [6, 6.07) is 0. The third kappa shape index (κ3) is 6.04. The molecular weight excluding hydrogens is 688 g/mol. The zero-order chi connectivity index (χ0) is 38.8. The van der Waals surface area contributed by atoms with Crippen LogP contribution in [-0.4, -0.2) is 138 Å². The number of aliphatic hydroxyl groups excluding tert-OH is 8. The summed E-state index contributed by atoms with van der Waals surface area (Å²) in [6.45, 7) is 14.0. The molecule has 0 unspecified atom stereocenters. The smallest absolute Gasteiger partial charge is 0.186 e. The molecule has 13 heteroatoms. The quantitative estimate of drug-likeness (QED) is 0.151. The average molecular weight is 757 g/mol. The average Bonchev–Trinajstić information content (AvgIpc) is 3.66. The minimum Gasteiger partial charge on any atom is -0.393 e. The van der Waals surface area contributed by atoms with Crippen LogP contribution in [0.15, 0.2) is 0 Å². The lowest BCUT2D eigenvalue weighted by atomic mass is 9.41. The van der Waals surface area contributed by atoms with E-state index >= 15 is 0 Å². The van der Waals surface area contributed by atoms with Gasteiger partial charge in [-0.05, 0) is 122 Å². The second kappa shape index (κ2) is 13.5. The van der Waals surface area contributed by atoms with Gasteiger partial charge in [0.2, 0.25) is 0 Å². The van der Waals surface area contributed by atoms with Gasteiger partial charge in [-0.2, -0.15) is 0 Å². The molecule has 7 fully saturated rings. The Morgan fingerprint density at radius 1 is 0.736 bits per heavy atom. The normalized spacial score (nSPS) is 54.6. The van der Waals surface area contributed by atoms with Gasteiger partial charge in [0, 0.05) is 0 Å². The third-order valence-electron chi connectivity index (χ3n) is 16.9. The van der Waals surface area contributed by atoms with Gasteiger partial charge in [-0.3, -0.25) is 0 Å². The summed E-state index contributed by atoms with van der Waals surface area (Å²) < 4.78 is 24.0. The van der Waals surface area contributed by atoms with Crippen molar-refractivity contribution in [1.82, 2.24) is 0 Å². The Morgan fingerprint density at radius 3 is 2.04 bits per heavy atom. The second-order valence-corrected chi connectivity index (χ2v) is 20.3. The summed E-state index contributed by atoms with van der Waals surface area (Å²) in [7, 11) is 0. The van der Waals surface area contributed by atoms with Crippen LogP contribution in [-0.2, 0) is 18.9 Å².